The minimum absolute atomic E-state index is 0.625. The van der Waals surface area contributed by atoms with Gasteiger partial charge in [-0.15, -0.1) is 0 Å². The van der Waals surface area contributed by atoms with Gasteiger partial charge in [-0.1, -0.05) is 20.3 Å². The van der Waals surface area contributed by atoms with Gasteiger partial charge in [-0.05, 0) is 94.3 Å². The Bertz CT molecular complexity index is 374. The maximum atomic E-state index is 4.96. The molecule has 0 aromatic heterocycles. The van der Waals surface area contributed by atoms with E-state index in [9.17, 15) is 0 Å². The molecule has 2 unspecified atom stereocenters. The highest BCUT2D eigenvalue weighted by Gasteiger charge is 2.22. The molecule has 24 heavy (non-hydrogen) atoms. The molecule has 3 aliphatic carbocycles. The molecule has 2 nitrogen and oxygen atoms in total. The average molecular weight is 331 g/mol. The first-order valence-electron chi connectivity index (χ1n) is 10.8. The predicted molar refractivity (Wildman–Crippen MR) is 105 cm³/mol. The fraction of sp³-hybridized carbons (Fsp3) is 0.909. The van der Waals surface area contributed by atoms with Crippen molar-refractivity contribution < 1.29 is 0 Å². The molecule has 0 amide bonds. The van der Waals surface area contributed by atoms with Crippen LogP contribution >= 0.6 is 0 Å². The summed E-state index contributed by atoms with van der Waals surface area (Å²) in [5.41, 5.74) is 0. The highest BCUT2D eigenvalue weighted by atomic mass is 14.8. The van der Waals surface area contributed by atoms with Crippen molar-refractivity contribution >= 4 is 12.4 Å². The lowest BCUT2D eigenvalue weighted by atomic mass is 9.82. The lowest BCUT2D eigenvalue weighted by Crippen LogP contribution is -2.21. The van der Waals surface area contributed by atoms with E-state index in [2.05, 4.69) is 26.3 Å². The summed E-state index contributed by atoms with van der Waals surface area (Å²) in [5, 5.41) is 0. The summed E-state index contributed by atoms with van der Waals surface area (Å²) in [6.45, 7) is 4.77. The van der Waals surface area contributed by atoms with E-state index in [0.29, 0.717) is 23.9 Å². The van der Waals surface area contributed by atoms with Gasteiger partial charge in [0, 0.05) is 24.5 Å². The van der Waals surface area contributed by atoms with Crippen LogP contribution in [0.15, 0.2) is 9.98 Å². The second-order valence-electron chi connectivity index (χ2n) is 9.11. The van der Waals surface area contributed by atoms with Crippen molar-refractivity contribution in [3.8, 4) is 0 Å². The average Bonchev–Trinajstić information content (AvgIpc) is 2.61. The minimum atomic E-state index is 0.625. The van der Waals surface area contributed by atoms with E-state index in [1.54, 1.807) is 0 Å². The Morgan fingerprint density at radius 2 is 1.00 bits per heavy atom. The van der Waals surface area contributed by atoms with Crippen LogP contribution in [0, 0.1) is 23.7 Å². The SMILES string of the molecule is CC1CCC(N=CC2CCCC(C=NC3CCC(C)CC3)C2)CC1. The molecule has 2 atom stereocenters. The van der Waals surface area contributed by atoms with Crippen LogP contribution in [-0.2, 0) is 0 Å². The highest BCUT2D eigenvalue weighted by molar-refractivity contribution is 5.65. The molecule has 0 saturated heterocycles. The van der Waals surface area contributed by atoms with Crippen molar-refractivity contribution in [1.29, 1.82) is 0 Å². The molecule has 3 fully saturated rings. The van der Waals surface area contributed by atoms with Gasteiger partial charge in [-0.2, -0.15) is 0 Å². The van der Waals surface area contributed by atoms with Crippen molar-refractivity contribution in [2.75, 3.05) is 0 Å². The topological polar surface area (TPSA) is 24.7 Å². The maximum absolute atomic E-state index is 4.96. The Balaban J connectivity index is 1.42. The third-order valence-corrected chi connectivity index (χ3v) is 6.74. The second kappa shape index (κ2) is 9.15. The molecule has 3 saturated carbocycles. The molecule has 3 aliphatic rings. The molecule has 0 N–H and O–H groups in total. The van der Waals surface area contributed by atoms with Crippen molar-refractivity contribution in [3.05, 3.63) is 0 Å². The molecular weight excluding hydrogens is 292 g/mol. The van der Waals surface area contributed by atoms with E-state index in [-0.39, 0.29) is 0 Å². The first kappa shape index (κ1) is 18.1. The van der Waals surface area contributed by atoms with Crippen LogP contribution in [0.1, 0.15) is 90.9 Å². The van der Waals surface area contributed by atoms with Crippen molar-refractivity contribution in [3.63, 3.8) is 0 Å². The minimum Gasteiger partial charge on any atom is -0.294 e. The Labute approximate surface area is 149 Å². The summed E-state index contributed by atoms with van der Waals surface area (Å²) < 4.78 is 0. The summed E-state index contributed by atoms with van der Waals surface area (Å²) in [7, 11) is 0. The van der Waals surface area contributed by atoms with Crippen molar-refractivity contribution in [2.45, 2.75) is 103 Å². The van der Waals surface area contributed by atoms with Crippen LogP contribution in [0.3, 0.4) is 0 Å². The summed E-state index contributed by atoms with van der Waals surface area (Å²) in [5.74, 6) is 3.27. The zero-order valence-corrected chi connectivity index (χ0v) is 16.0. The van der Waals surface area contributed by atoms with Gasteiger partial charge in [-0.25, -0.2) is 0 Å². The summed E-state index contributed by atoms with van der Waals surface area (Å²) >= 11 is 0. The fourth-order valence-corrected chi connectivity index (χ4v) is 4.81. The number of hydrogen-bond acceptors (Lipinski definition) is 2. The second-order valence-corrected chi connectivity index (χ2v) is 9.11. The predicted octanol–water partition coefficient (Wildman–Crippen LogP) is 6.09. The Morgan fingerprint density at radius 1 is 0.583 bits per heavy atom. The van der Waals surface area contributed by atoms with Gasteiger partial charge in [0.15, 0.2) is 0 Å². The molecule has 136 valence electrons. The highest BCUT2D eigenvalue weighted by Crippen LogP contribution is 2.30. The van der Waals surface area contributed by atoms with Crippen LogP contribution in [0.5, 0.6) is 0 Å². The molecular formula is C22H38N2. The zero-order valence-electron chi connectivity index (χ0n) is 16.0. The van der Waals surface area contributed by atoms with Gasteiger partial charge in [0.25, 0.3) is 0 Å². The number of nitrogens with zero attached hydrogens (tertiary/aromatic N) is 2. The first-order chi connectivity index (χ1) is 11.7. The Kier molecular flexibility index (Phi) is 6.92. The molecule has 3 rings (SSSR count). The third kappa shape index (κ3) is 5.70. The fourth-order valence-electron chi connectivity index (χ4n) is 4.81. The van der Waals surface area contributed by atoms with Gasteiger partial charge in [0.2, 0.25) is 0 Å². The van der Waals surface area contributed by atoms with Crippen LogP contribution in [0.25, 0.3) is 0 Å². The monoisotopic (exact) mass is 330 g/mol. The molecule has 0 aromatic rings. The standard InChI is InChI=1S/C22H38N2/c1-17-6-10-21(11-7-17)23-15-19-4-3-5-20(14-19)16-24-22-12-8-18(2)9-13-22/h15-22H,3-14H2,1-2H3. The largest absolute Gasteiger partial charge is 0.294 e. The van der Waals surface area contributed by atoms with Gasteiger partial charge in [0.05, 0.1) is 0 Å². The third-order valence-electron chi connectivity index (χ3n) is 6.74. The van der Waals surface area contributed by atoms with Crippen LogP contribution in [0.2, 0.25) is 0 Å². The van der Waals surface area contributed by atoms with E-state index < -0.39 is 0 Å². The number of rotatable bonds is 4. The summed E-state index contributed by atoms with van der Waals surface area (Å²) in [6, 6.07) is 1.25. The Hall–Kier alpha value is -0.660. The van der Waals surface area contributed by atoms with E-state index >= 15 is 0 Å². The number of aliphatic imine (C=N–C) groups is 2. The van der Waals surface area contributed by atoms with Crippen LogP contribution in [-0.4, -0.2) is 24.5 Å². The summed E-state index contributed by atoms with van der Waals surface area (Å²) in [6.07, 6.45) is 20.8. The zero-order chi connectivity index (χ0) is 16.8. The lowest BCUT2D eigenvalue weighted by Gasteiger charge is -2.27. The van der Waals surface area contributed by atoms with Crippen molar-refractivity contribution in [2.24, 2.45) is 33.7 Å². The molecule has 0 bridgehead atoms. The molecule has 0 heterocycles. The van der Waals surface area contributed by atoms with E-state index in [1.165, 1.54) is 77.0 Å². The lowest BCUT2D eigenvalue weighted by molar-refractivity contribution is 0.343. The normalized spacial score (nSPS) is 41.9. The quantitative estimate of drug-likeness (QED) is 0.557. The molecule has 2 heteroatoms. The van der Waals surface area contributed by atoms with Gasteiger partial charge in [0.1, 0.15) is 0 Å². The van der Waals surface area contributed by atoms with Gasteiger partial charge in [-0.3, -0.25) is 9.98 Å². The molecule has 0 radical (unpaired) electrons. The van der Waals surface area contributed by atoms with E-state index in [0.717, 1.165) is 11.8 Å². The van der Waals surface area contributed by atoms with Crippen molar-refractivity contribution in [1.82, 2.24) is 0 Å². The van der Waals surface area contributed by atoms with Crippen LogP contribution in [0.4, 0.5) is 0 Å². The first-order valence-corrected chi connectivity index (χ1v) is 10.8. The van der Waals surface area contributed by atoms with Gasteiger partial charge >= 0.3 is 0 Å². The maximum Gasteiger partial charge on any atom is 0.0496 e. The Morgan fingerprint density at radius 3 is 1.42 bits per heavy atom. The van der Waals surface area contributed by atoms with Crippen LogP contribution < -0.4 is 0 Å². The molecule has 0 spiro atoms. The van der Waals surface area contributed by atoms with E-state index in [4.69, 9.17) is 9.98 Å². The number of hydrogen-bond donors (Lipinski definition) is 0. The summed E-state index contributed by atoms with van der Waals surface area (Å²) in [4.78, 5) is 9.93. The smallest absolute Gasteiger partial charge is 0.0496 e. The molecule has 0 aromatic carbocycles. The van der Waals surface area contributed by atoms with E-state index in [1.807, 2.05) is 0 Å². The molecule has 0 aliphatic heterocycles. The van der Waals surface area contributed by atoms with Gasteiger partial charge < -0.3 is 0 Å².